The van der Waals surface area contributed by atoms with Crippen molar-refractivity contribution < 1.29 is 27.9 Å². The molecular formula is C17H20F3N2O3. The van der Waals surface area contributed by atoms with Crippen molar-refractivity contribution >= 4 is 11.8 Å². The summed E-state index contributed by atoms with van der Waals surface area (Å²) in [5.74, 6) is -1.05. The van der Waals surface area contributed by atoms with Gasteiger partial charge >= 0.3 is 6.18 Å². The molecule has 1 fully saturated rings. The third-order valence-electron chi connectivity index (χ3n) is 4.06. The molecule has 0 aliphatic heterocycles. The first kappa shape index (κ1) is 19.2. The lowest BCUT2D eigenvalue weighted by Gasteiger charge is -2.27. The second-order valence-corrected chi connectivity index (χ2v) is 6.06. The molecule has 1 aliphatic carbocycles. The van der Waals surface area contributed by atoms with E-state index < -0.39 is 23.6 Å². The smallest absolute Gasteiger partial charge is 0.396 e. The number of aliphatic hydroxyl groups is 1. The summed E-state index contributed by atoms with van der Waals surface area (Å²) < 4.78 is 38.0. The monoisotopic (exact) mass is 357 g/mol. The zero-order chi connectivity index (χ0) is 18.4. The average molecular weight is 357 g/mol. The zero-order valence-electron chi connectivity index (χ0n) is 13.5. The molecule has 0 bridgehead atoms. The summed E-state index contributed by atoms with van der Waals surface area (Å²) in [7, 11) is 0. The lowest BCUT2D eigenvalue weighted by Crippen LogP contribution is -2.40. The molecule has 2 rings (SSSR count). The Bertz CT molecular complexity index is 619. The molecule has 1 saturated carbocycles. The van der Waals surface area contributed by atoms with Crippen LogP contribution in [0.15, 0.2) is 24.3 Å². The van der Waals surface area contributed by atoms with Crippen LogP contribution in [0, 0.1) is 12.0 Å². The van der Waals surface area contributed by atoms with Crippen LogP contribution >= 0.6 is 0 Å². The third kappa shape index (κ3) is 5.74. The Morgan fingerprint density at radius 3 is 2.72 bits per heavy atom. The number of aliphatic hydroxyl groups excluding tert-OH is 1. The van der Waals surface area contributed by atoms with Crippen molar-refractivity contribution in [3.8, 4) is 0 Å². The van der Waals surface area contributed by atoms with E-state index in [-0.39, 0.29) is 24.6 Å². The summed E-state index contributed by atoms with van der Waals surface area (Å²) in [5.41, 5.74) is -1.08. The van der Waals surface area contributed by atoms with Gasteiger partial charge in [-0.1, -0.05) is 12.5 Å². The fourth-order valence-corrected chi connectivity index (χ4v) is 2.77. The van der Waals surface area contributed by atoms with E-state index in [1.807, 2.05) is 0 Å². The SMILES string of the molecule is O=C(CNC(=O)c1cccc(C(F)(F)F)c1)N[C]1CCCC(CO)C1. The Morgan fingerprint density at radius 2 is 2.04 bits per heavy atom. The molecule has 25 heavy (non-hydrogen) atoms. The molecule has 3 N–H and O–H groups in total. The topological polar surface area (TPSA) is 78.4 Å². The first-order chi connectivity index (χ1) is 11.8. The Hall–Kier alpha value is -2.09. The van der Waals surface area contributed by atoms with E-state index in [9.17, 15) is 22.8 Å². The van der Waals surface area contributed by atoms with Gasteiger partial charge in [0.15, 0.2) is 0 Å². The van der Waals surface area contributed by atoms with E-state index in [0.717, 1.165) is 43.5 Å². The third-order valence-corrected chi connectivity index (χ3v) is 4.06. The zero-order valence-corrected chi connectivity index (χ0v) is 13.5. The van der Waals surface area contributed by atoms with Crippen LogP contribution in [0.1, 0.15) is 41.6 Å². The van der Waals surface area contributed by atoms with Gasteiger partial charge in [0.1, 0.15) is 0 Å². The normalized spacial score (nSPS) is 18.6. The van der Waals surface area contributed by atoms with Crippen LogP contribution in [0.2, 0.25) is 0 Å². The van der Waals surface area contributed by atoms with Crippen molar-refractivity contribution in [1.29, 1.82) is 0 Å². The first-order valence-electron chi connectivity index (χ1n) is 8.00. The molecule has 1 unspecified atom stereocenters. The summed E-state index contributed by atoms with van der Waals surface area (Å²) in [4.78, 5) is 23.8. The lowest BCUT2D eigenvalue weighted by atomic mass is 9.86. The van der Waals surface area contributed by atoms with Gasteiger partial charge in [0.25, 0.3) is 5.91 Å². The number of hydrogen-bond acceptors (Lipinski definition) is 3. The number of halogens is 3. The minimum atomic E-state index is -4.53. The summed E-state index contributed by atoms with van der Waals surface area (Å²) in [6, 6.07) is 4.83. The fraction of sp³-hybridized carbons (Fsp3) is 0.471. The van der Waals surface area contributed by atoms with Crippen LogP contribution < -0.4 is 10.6 Å². The highest BCUT2D eigenvalue weighted by atomic mass is 19.4. The van der Waals surface area contributed by atoms with Gasteiger partial charge in [-0.25, -0.2) is 0 Å². The highest BCUT2D eigenvalue weighted by molar-refractivity contribution is 5.96. The van der Waals surface area contributed by atoms with Crippen molar-refractivity contribution in [2.45, 2.75) is 31.9 Å². The van der Waals surface area contributed by atoms with Crippen molar-refractivity contribution in [3.63, 3.8) is 0 Å². The maximum atomic E-state index is 12.7. The van der Waals surface area contributed by atoms with Gasteiger partial charge in [0, 0.05) is 12.2 Å². The van der Waals surface area contributed by atoms with Crippen molar-refractivity contribution in [1.82, 2.24) is 10.6 Å². The van der Waals surface area contributed by atoms with E-state index in [0.29, 0.717) is 6.42 Å². The molecule has 0 spiro atoms. The lowest BCUT2D eigenvalue weighted by molar-refractivity contribution is -0.137. The molecule has 2 amide bonds. The number of rotatable bonds is 5. The highest BCUT2D eigenvalue weighted by Gasteiger charge is 2.31. The summed E-state index contributed by atoms with van der Waals surface area (Å²) >= 11 is 0. The number of amides is 2. The Morgan fingerprint density at radius 1 is 1.28 bits per heavy atom. The molecule has 1 radical (unpaired) electrons. The van der Waals surface area contributed by atoms with Crippen molar-refractivity contribution in [2.24, 2.45) is 5.92 Å². The van der Waals surface area contributed by atoms with Gasteiger partial charge < -0.3 is 15.7 Å². The van der Waals surface area contributed by atoms with Gasteiger partial charge in [-0.15, -0.1) is 0 Å². The quantitative estimate of drug-likeness (QED) is 0.756. The van der Waals surface area contributed by atoms with Gasteiger partial charge in [-0.05, 0) is 43.4 Å². The minimum absolute atomic E-state index is 0.0612. The van der Waals surface area contributed by atoms with Crippen LogP contribution in [0.3, 0.4) is 0 Å². The second kappa shape index (κ2) is 8.33. The summed E-state index contributed by atoms with van der Waals surface area (Å²) in [6.07, 6.45) is -1.43. The largest absolute Gasteiger partial charge is 0.416 e. The molecule has 0 aromatic heterocycles. The van der Waals surface area contributed by atoms with Crippen LogP contribution in [0.5, 0.6) is 0 Å². The Balaban J connectivity index is 1.84. The van der Waals surface area contributed by atoms with Crippen LogP contribution in [-0.2, 0) is 11.0 Å². The molecule has 0 heterocycles. The van der Waals surface area contributed by atoms with E-state index in [1.165, 1.54) is 6.07 Å². The summed E-state index contributed by atoms with van der Waals surface area (Å²) in [5, 5.41) is 14.2. The fourth-order valence-electron chi connectivity index (χ4n) is 2.77. The first-order valence-corrected chi connectivity index (χ1v) is 8.00. The van der Waals surface area contributed by atoms with Gasteiger partial charge in [0.2, 0.25) is 5.91 Å². The molecule has 1 aliphatic rings. The summed E-state index contributed by atoms with van der Waals surface area (Å²) in [6.45, 7) is -0.270. The predicted molar refractivity (Wildman–Crippen MR) is 84.2 cm³/mol. The second-order valence-electron chi connectivity index (χ2n) is 6.06. The molecule has 1 atom stereocenters. The molecule has 0 saturated heterocycles. The van der Waals surface area contributed by atoms with Crippen molar-refractivity contribution in [3.05, 3.63) is 41.4 Å². The van der Waals surface area contributed by atoms with Gasteiger partial charge in [-0.3, -0.25) is 9.59 Å². The highest BCUT2D eigenvalue weighted by Crippen LogP contribution is 2.29. The van der Waals surface area contributed by atoms with Crippen molar-refractivity contribution in [2.75, 3.05) is 13.2 Å². The molecule has 137 valence electrons. The van der Waals surface area contributed by atoms with Crippen LogP contribution in [0.4, 0.5) is 13.2 Å². The maximum Gasteiger partial charge on any atom is 0.416 e. The number of carbonyl (C=O) groups is 2. The standard InChI is InChI=1S/C17H20F3N2O3/c18-17(19,20)13-5-2-4-12(8-13)16(25)21-9-15(24)22-14-6-1-3-11(7-14)10-23/h2,4-5,8,11,23H,1,3,6-7,9-10H2,(H,21,25)(H,22,24). The van der Waals surface area contributed by atoms with Crippen LogP contribution in [-0.4, -0.2) is 30.1 Å². The van der Waals surface area contributed by atoms with E-state index in [1.54, 1.807) is 0 Å². The Labute approximate surface area is 143 Å². The molecule has 8 heteroatoms. The number of nitrogens with one attached hydrogen (secondary N) is 2. The Kier molecular flexibility index (Phi) is 6.41. The molecule has 5 nitrogen and oxygen atoms in total. The number of benzene rings is 1. The van der Waals surface area contributed by atoms with Crippen LogP contribution in [0.25, 0.3) is 0 Å². The number of hydrogen-bond donors (Lipinski definition) is 3. The molecule has 1 aromatic rings. The van der Waals surface area contributed by atoms with Gasteiger partial charge in [-0.2, -0.15) is 13.2 Å². The predicted octanol–water partition coefficient (Wildman–Crippen LogP) is 2.27. The molecule has 1 aromatic carbocycles. The van der Waals surface area contributed by atoms with E-state index in [2.05, 4.69) is 10.6 Å². The number of alkyl halides is 3. The minimum Gasteiger partial charge on any atom is -0.396 e. The van der Waals surface area contributed by atoms with Gasteiger partial charge in [0.05, 0.1) is 18.2 Å². The number of carbonyl (C=O) groups excluding carboxylic acids is 2. The van der Waals surface area contributed by atoms with E-state index in [4.69, 9.17) is 5.11 Å². The molecular weight excluding hydrogens is 337 g/mol. The van der Waals surface area contributed by atoms with E-state index >= 15 is 0 Å². The average Bonchev–Trinajstić information content (AvgIpc) is 2.59. The maximum absolute atomic E-state index is 12.7.